The quantitative estimate of drug-likeness (QED) is 0.749. The minimum absolute atomic E-state index is 0.121. The Kier molecular flexibility index (Phi) is 4.99. The molecule has 1 aromatic heterocycles. The SMILES string of the molecule is Cc1nc2ccccc2c(C)c1C(=O)Nc1cccc(S(=O)(=O)N(C)C)c1. The molecule has 0 fully saturated rings. The van der Waals surface area contributed by atoms with Crippen LogP contribution >= 0.6 is 0 Å². The van der Waals surface area contributed by atoms with E-state index in [-0.39, 0.29) is 10.8 Å². The number of fused-ring (bicyclic) bond motifs is 1. The van der Waals surface area contributed by atoms with E-state index in [4.69, 9.17) is 0 Å². The zero-order valence-electron chi connectivity index (χ0n) is 15.6. The highest BCUT2D eigenvalue weighted by Gasteiger charge is 2.19. The number of aryl methyl sites for hydroxylation is 2. The van der Waals surface area contributed by atoms with Gasteiger partial charge in [0.05, 0.1) is 21.7 Å². The van der Waals surface area contributed by atoms with Crippen LogP contribution in [0.1, 0.15) is 21.6 Å². The Morgan fingerprint density at radius 2 is 1.74 bits per heavy atom. The van der Waals surface area contributed by atoms with E-state index < -0.39 is 10.0 Å². The van der Waals surface area contributed by atoms with Gasteiger partial charge in [0.25, 0.3) is 5.91 Å². The third-order valence-corrected chi connectivity index (χ3v) is 6.24. The first-order chi connectivity index (χ1) is 12.7. The van der Waals surface area contributed by atoms with Gasteiger partial charge in [0.15, 0.2) is 0 Å². The van der Waals surface area contributed by atoms with Crippen LogP contribution < -0.4 is 5.32 Å². The first kappa shape index (κ1) is 19.0. The Morgan fingerprint density at radius 1 is 1.04 bits per heavy atom. The Bertz CT molecular complexity index is 1140. The zero-order chi connectivity index (χ0) is 19.8. The second-order valence-electron chi connectivity index (χ2n) is 6.48. The fraction of sp³-hybridized carbons (Fsp3) is 0.200. The van der Waals surface area contributed by atoms with Gasteiger partial charge in [-0.2, -0.15) is 0 Å². The Morgan fingerprint density at radius 3 is 2.44 bits per heavy atom. The van der Waals surface area contributed by atoms with Crippen molar-refractivity contribution in [1.82, 2.24) is 9.29 Å². The highest BCUT2D eigenvalue weighted by atomic mass is 32.2. The fourth-order valence-electron chi connectivity index (χ4n) is 3.00. The lowest BCUT2D eigenvalue weighted by Crippen LogP contribution is -2.22. The van der Waals surface area contributed by atoms with Gasteiger partial charge in [-0.1, -0.05) is 24.3 Å². The van der Waals surface area contributed by atoms with E-state index in [0.717, 1.165) is 20.8 Å². The third kappa shape index (κ3) is 3.56. The van der Waals surface area contributed by atoms with Crippen LogP contribution in [0.15, 0.2) is 53.4 Å². The molecule has 1 amide bonds. The number of benzene rings is 2. The van der Waals surface area contributed by atoms with E-state index in [1.807, 2.05) is 31.2 Å². The van der Waals surface area contributed by atoms with Gasteiger partial charge in [-0.25, -0.2) is 12.7 Å². The summed E-state index contributed by atoms with van der Waals surface area (Å²) >= 11 is 0. The van der Waals surface area contributed by atoms with Crippen molar-refractivity contribution in [2.75, 3.05) is 19.4 Å². The summed E-state index contributed by atoms with van der Waals surface area (Å²) in [7, 11) is -0.643. The minimum atomic E-state index is -3.58. The molecule has 0 unspecified atom stereocenters. The molecule has 140 valence electrons. The van der Waals surface area contributed by atoms with Crippen molar-refractivity contribution < 1.29 is 13.2 Å². The third-order valence-electron chi connectivity index (χ3n) is 4.43. The molecule has 1 N–H and O–H groups in total. The molecule has 0 aliphatic carbocycles. The number of amides is 1. The first-order valence-corrected chi connectivity index (χ1v) is 9.85. The first-order valence-electron chi connectivity index (χ1n) is 8.41. The molecule has 3 aromatic rings. The molecule has 0 saturated heterocycles. The van der Waals surface area contributed by atoms with Crippen molar-refractivity contribution in [3.63, 3.8) is 0 Å². The van der Waals surface area contributed by atoms with Gasteiger partial charge in [-0.3, -0.25) is 9.78 Å². The van der Waals surface area contributed by atoms with Gasteiger partial charge >= 0.3 is 0 Å². The summed E-state index contributed by atoms with van der Waals surface area (Å²) in [5.74, 6) is -0.317. The van der Waals surface area contributed by atoms with Crippen molar-refractivity contribution in [3.8, 4) is 0 Å². The van der Waals surface area contributed by atoms with E-state index >= 15 is 0 Å². The van der Waals surface area contributed by atoms with Crippen LogP contribution in [0.2, 0.25) is 0 Å². The number of rotatable bonds is 4. The van der Waals surface area contributed by atoms with Crippen LogP contribution in [-0.4, -0.2) is 37.7 Å². The van der Waals surface area contributed by atoms with Crippen molar-refractivity contribution in [2.45, 2.75) is 18.7 Å². The topological polar surface area (TPSA) is 79.4 Å². The highest BCUT2D eigenvalue weighted by molar-refractivity contribution is 7.89. The van der Waals surface area contributed by atoms with Crippen LogP contribution in [0.3, 0.4) is 0 Å². The van der Waals surface area contributed by atoms with E-state index in [1.165, 1.54) is 26.2 Å². The summed E-state index contributed by atoms with van der Waals surface area (Å²) in [5.41, 5.74) is 3.21. The Labute approximate surface area is 158 Å². The Balaban J connectivity index is 1.99. The molecular formula is C20H21N3O3S. The summed E-state index contributed by atoms with van der Waals surface area (Å²) in [6.07, 6.45) is 0. The number of carbonyl (C=O) groups is 1. The number of nitrogens with one attached hydrogen (secondary N) is 1. The summed E-state index contributed by atoms with van der Waals surface area (Å²) in [5, 5.41) is 3.71. The van der Waals surface area contributed by atoms with E-state index in [2.05, 4.69) is 10.3 Å². The molecule has 6 nitrogen and oxygen atoms in total. The van der Waals surface area contributed by atoms with Crippen LogP contribution in [0, 0.1) is 13.8 Å². The molecule has 0 radical (unpaired) electrons. The maximum atomic E-state index is 12.9. The number of hydrogen-bond donors (Lipinski definition) is 1. The summed E-state index contributed by atoms with van der Waals surface area (Å²) in [6, 6.07) is 13.9. The van der Waals surface area contributed by atoms with Crippen LogP contribution in [0.5, 0.6) is 0 Å². The van der Waals surface area contributed by atoms with Crippen LogP contribution in [-0.2, 0) is 10.0 Å². The number of nitrogens with zero attached hydrogens (tertiary/aromatic N) is 2. The molecular weight excluding hydrogens is 362 g/mol. The van der Waals surface area contributed by atoms with Crippen LogP contribution in [0.4, 0.5) is 5.69 Å². The molecule has 0 aliphatic heterocycles. The molecule has 27 heavy (non-hydrogen) atoms. The lowest BCUT2D eigenvalue weighted by molar-refractivity contribution is 0.102. The minimum Gasteiger partial charge on any atom is -0.322 e. The predicted molar refractivity (Wildman–Crippen MR) is 106 cm³/mol. The number of carbonyl (C=O) groups excluding carboxylic acids is 1. The number of para-hydroxylation sites is 1. The maximum Gasteiger partial charge on any atom is 0.257 e. The molecule has 0 atom stereocenters. The smallest absolute Gasteiger partial charge is 0.257 e. The second-order valence-corrected chi connectivity index (χ2v) is 8.64. The van der Waals surface area contributed by atoms with Gasteiger partial charge in [0.2, 0.25) is 10.0 Å². The molecule has 7 heteroatoms. The zero-order valence-corrected chi connectivity index (χ0v) is 16.5. The summed E-state index contributed by atoms with van der Waals surface area (Å²) in [6.45, 7) is 3.68. The van der Waals surface area contributed by atoms with E-state index in [0.29, 0.717) is 16.9 Å². The monoisotopic (exact) mass is 383 g/mol. The Hall–Kier alpha value is -2.77. The number of pyridine rings is 1. The van der Waals surface area contributed by atoms with Gasteiger partial charge in [-0.05, 0) is 43.7 Å². The van der Waals surface area contributed by atoms with Crippen molar-refractivity contribution in [3.05, 3.63) is 65.4 Å². The average Bonchev–Trinajstić information content (AvgIpc) is 2.61. The van der Waals surface area contributed by atoms with Gasteiger partial charge in [0, 0.05) is 25.2 Å². The predicted octanol–water partition coefficient (Wildman–Crippen LogP) is 3.35. The van der Waals surface area contributed by atoms with Gasteiger partial charge in [-0.15, -0.1) is 0 Å². The van der Waals surface area contributed by atoms with Gasteiger partial charge < -0.3 is 5.32 Å². The largest absolute Gasteiger partial charge is 0.322 e. The number of hydrogen-bond acceptors (Lipinski definition) is 4. The van der Waals surface area contributed by atoms with E-state index in [1.54, 1.807) is 19.1 Å². The van der Waals surface area contributed by atoms with Crippen molar-refractivity contribution in [1.29, 1.82) is 0 Å². The lowest BCUT2D eigenvalue weighted by Gasteiger charge is -2.14. The fourth-order valence-corrected chi connectivity index (χ4v) is 3.95. The number of aromatic nitrogens is 1. The van der Waals surface area contributed by atoms with Crippen molar-refractivity contribution >= 4 is 32.5 Å². The maximum absolute atomic E-state index is 12.9. The second kappa shape index (κ2) is 7.09. The van der Waals surface area contributed by atoms with Crippen molar-refractivity contribution in [2.24, 2.45) is 0 Å². The number of sulfonamides is 1. The molecule has 0 bridgehead atoms. The summed E-state index contributed by atoms with van der Waals surface area (Å²) < 4.78 is 25.7. The van der Waals surface area contributed by atoms with Crippen LogP contribution in [0.25, 0.3) is 10.9 Å². The average molecular weight is 383 g/mol. The molecule has 0 saturated carbocycles. The summed E-state index contributed by atoms with van der Waals surface area (Å²) in [4.78, 5) is 17.5. The molecule has 2 aromatic carbocycles. The lowest BCUT2D eigenvalue weighted by atomic mass is 10.0. The molecule has 0 spiro atoms. The van der Waals surface area contributed by atoms with Gasteiger partial charge in [0.1, 0.15) is 0 Å². The van der Waals surface area contributed by atoms with E-state index in [9.17, 15) is 13.2 Å². The molecule has 1 heterocycles. The molecule has 3 rings (SSSR count). The normalized spacial score (nSPS) is 11.7. The standard InChI is InChI=1S/C20H21N3O3S/c1-13-17-10-5-6-11-18(17)21-14(2)19(13)20(24)22-15-8-7-9-16(12-15)27(25,26)23(3)4/h5-12H,1-4H3,(H,22,24). The number of anilines is 1. The molecule has 0 aliphatic rings. The highest BCUT2D eigenvalue weighted by Crippen LogP contribution is 2.24.